The van der Waals surface area contributed by atoms with Crippen molar-refractivity contribution in [3.63, 3.8) is 0 Å². The maximum absolute atomic E-state index is 12.3. The zero-order chi connectivity index (χ0) is 14.8. The summed E-state index contributed by atoms with van der Waals surface area (Å²) >= 11 is 1.50. The zero-order valence-corrected chi connectivity index (χ0v) is 12.8. The van der Waals surface area contributed by atoms with Crippen molar-refractivity contribution in [3.05, 3.63) is 40.6 Å². The molecule has 1 heterocycles. The van der Waals surface area contributed by atoms with Crippen LogP contribution < -0.4 is 15.2 Å². The lowest BCUT2D eigenvalue weighted by Gasteiger charge is -2.13. The Morgan fingerprint density at radius 3 is 2.65 bits per heavy atom. The van der Waals surface area contributed by atoms with Crippen LogP contribution in [0.2, 0.25) is 0 Å². The number of methoxy groups -OCH3 is 1. The van der Waals surface area contributed by atoms with Crippen LogP contribution in [-0.2, 0) is 10.0 Å². The lowest BCUT2D eigenvalue weighted by molar-refractivity contribution is 0.416. The van der Waals surface area contributed by atoms with E-state index in [2.05, 4.69) is 4.72 Å². The molecule has 0 aliphatic heterocycles. The summed E-state index contributed by atoms with van der Waals surface area (Å²) < 4.78 is 32.2. The molecule has 1 aromatic carbocycles. The van der Waals surface area contributed by atoms with Gasteiger partial charge in [0.25, 0.3) is 0 Å². The number of anilines is 1. The largest absolute Gasteiger partial charge is 0.495 e. The van der Waals surface area contributed by atoms with E-state index in [-0.39, 0.29) is 10.9 Å². The Hall–Kier alpha value is -1.57. The van der Waals surface area contributed by atoms with Gasteiger partial charge in [0.1, 0.15) is 5.75 Å². The van der Waals surface area contributed by atoms with Gasteiger partial charge in [-0.15, -0.1) is 11.3 Å². The normalized spacial score (nSPS) is 13.1. The Morgan fingerprint density at radius 2 is 2.10 bits per heavy atom. The van der Waals surface area contributed by atoms with Gasteiger partial charge in [-0.2, -0.15) is 0 Å². The van der Waals surface area contributed by atoms with Crippen LogP contribution in [0.15, 0.2) is 40.6 Å². The highest BCUT2D eigenvalue weighted by Crippen LogP contribution is 2.26. The number of ether oxygens (including phenoxy) is 1. The minimum Gasteiger partial charge on any atom is -0.495 e. The van der Waals surface area contributed by atoms with Crippen molar-refractivity contribution in [2.24, 2.45) is 0 Å². The van der Waals surface area contributed by atoms with Crippen molar-refractivity contribution in [2.45, 2.75) is 17.9 Å². The predicted octanol–water partition coefficient (Wildman–Crippen LogP) is 2.38. The number of hydrogen-bond donors (Lipinski definition) is 2. The average Bonchev–Trinajstić information content (AvgIpc) is 2.92. The number of rotatable bonds is 5. The average molecular weight is 312 g/mol. The van der Waals surface area contributed by atoms with E-state index < -0.39 is 10.0 Å². The second kappa shape index (κ2) is 5.82. The molecule has 1 atom stereocenters. The molecular formula is C13H16N2O3S2. The molecule has 1 aromatic heterocycles. The fourth-order valence-electron chi connectivity index (χ4n) is 1.78. The number of nitrogen functional groups attached to an aromatic ring is 1. The molecule has 20 heavy (non-hydrogen) atoms. The number of nitrogens with two attached hydrogens (primary N) is 1. The van der Waals surface area contributed by atoms with Gasteiger partial charge in [-0.05, 0) is 36.6 Å². The highest BCUT2D eigenvalue weighted by molar-refractivity contribution is 7.89. The number of sulfonamides is 1. The van der Waals surface area contributed by atoms with Gasteiger partial charge in [-0.3, -0.25) is 0 Å². The molecule has 7 heteroatoms. The van der Waals surface area contributed by atoms with E-state index in [1.807, 2.05) is 17.5 Å². The topological polar surface area (TPSA) is 81.4 Å². The van der Waals surface area contributed by atoms with Crippen LogP contribution in [0.1, 0.15) is 17.8 Å². The summed E-state index contributed by atoms with van der Waals surface area (Å²) in [6.45, 7) is 1.80. The first-order valence-electron chi connectivity index (χ1n) is 5.93. The van der Waals surface area contributed by atoms with E-state index in [0.29, 0.717) is 11.4 Å². The lowest BCUT2D eigenvalue weighted by atomic mass is 10.3. The Bertz CT molecular complexity index is 682. The van der Waals surface area contributed by atoms with Crippen LogP contribution in [0.3, 0.4) is 0 Å². The molecule has 0 spiro atoms. The molecule has 2 aromatic rings. The standard InChI is InChI=1S/C13H16N2O3S2/c1-9(13-4-3-7-19-13)15-20(16,17)10-5-6-12(18-2)11(14)8-10/h3-9,15H,14H2,1-2H3. The van der Waals surface area contributed by atoms with E-state index in [0.717, 1.165) is 4.88 Å². The smallest absolute Gasteiger partial charge is 0.241 e. The monoisotopic (exact) mass is 312 g/mol. The Kier molecular flexibility index (Phi) is 4.32. The molecule has 1 unspecified atom stereocenters. The highest BCUT2D eigenvalue weighted by Gasteiger charge is 2.19. The van der Waals surface area contributed by atoms with E-state index in [1.165, 1.54) is 30.6 Å². The van der Waals surface area contributed by atoms with E-state index in [1.54, 1.807) is 13.0 Å². The van der Waals surface area contributed by atoms with Gasteiger partial charge >= 0.3 is 0 Å². The molecule has 0 aliphatic rings. The van der Waals surface area contributed by atoms with Crippen LogP contribution in [0.25, 0.3) is 0 Å². The van der Waals surface area contributed by atoms with Crippen molar-refractivity contribution in [3.8, 4) is 5.75 Å². The van der Waals surface area contributed by atoms with E-state index in [9.17, 15) is 8.42 Å². The summed E-state index contributed by atoms with van der Waals surface area (Å²) in [7, 11) is -2.13. The summed E-state index contributed by atoms with van der Waals surface area (Å²) in [6, 6.07) is 7.89. The molecule has 0 saturated carbocycles. The van der Waals surface area contributed by atoms with Gasteiger partial charge in [0.2, 0.25) is 10.0 Å². The van der Waals surface area contributed by atoms with Crippen LogP contribution in [-0.4, -0.2) is 15.5 Å². The fraction of sp³-hybridized carbons (Fsp3) is 0.231. The molecule has 0 fully saturated rings. The molecule has 0 radical (unpaired) electrons. The van der Waals surface area contributed by atoms with Gasteiger partial charge < -0.3 is 10.5 Å². The molecular weight excluding hydrogens is 296 g/mol. The number of thiophene rings is 1. The summed E-state index contributed by atoms with van der Waals surface area (Å²) in [5.74, 6) is 0.454. The first-order valence-corrected chi connectivity index (χ1v) is 8.29. The van der Waals surface area contributed by atoms with E-state index >= 15 is 0 Å². The van der Waals surface area contributed by atoms with Crippen LogP contribution in [0.5, 0.6) is 5.75 Å². The van der Waals surface area contributed by atoms with Gasteiger partial charge in [-0.1, -0.05) is 6.07 Å². The highest BCUT2D eigenvalue weighted by atomic mass is 32.2. The van der Waals surface area contributed by atoms with Crippen molar-refractivity contribution in [2.75, 3.05) is 12.8 Å². The molecule has 0 saturated heterocycles. The van der Waals surface area contributed by atoms with Crippen molar-refractivity contribution < 1.29 is 13.2 Å². The Balaban J connectivity index is 2.24. The van der Waals surface area contributed by atoms with Crippen LogP contribution >= 0.6 is 11.3 Å². The SMILES string of the molecule is COc1ccc(S(=O)(=O)NC(C)c2cccs2)cc1N. The minimum absolute atomic E-state index is 0.124. The first kappa shape index (κ1) is 14.8. The van der Waals surface area contributed by atoms with Crippen LogP contribution in [0, 0.1) is 0 Å². The maximum Gasteiger partial charge on any atom is 0.241 e. The number of nitrogens with one attached hydrogen (secondary N) is 1. The number of hydrogen-bond acceptors (Lipinski definition) is 5. The number of benzene rings is 1. The summed E-state index contributed by atoms with van der Waals surface area (Å²) in [4.78, 5) is 1.08. The first-order chi connectivity index (χ1) is 9.44. The molecule has 108 valence electrons. The zero-order valence-electron chi connectivity index (χ0n) is 11.2. The maximum atomic E-state index is 12.3. The van der Waals surface area contributed by atoms with Crippen molar-refractivity contribution in [1.82, 2.24) is 4.72 Å². The Morgan fingerprint density at radius 1 is 1.35 bits per heavy atom. The van der Waals surface area contributed by atoms with Gasteiger partial charge in [-0.25, -0.2) is 13.1 Å². The van der Waals surface area contributed by atoms with Crippen molar-refractivity contribution in [1.29, 1.82) is 0 Å². The summed E-state index contributed by atoms with van der Waals surface area (Å²) in [5.41, 5.74) is 6.03. The second-order valence-electron chi connectivity index (χ2n) is 4.26. The molecule has 0 bridgehead atoms. The third kappa shape index (κ3) is 3.12. The third-order valence-corrected chi connectivity index (χ3v) is 5.41. The minimum atomic E-state index is -3.61. The van der Waals surface area contributed by atoms with Gasteiger partial charge in [0, 0.05) is 4.88 Å². The molecule has 2 rings (SSSR count). The van der Waals surface area contributed by atoms with Crippen LogP contribution in [0.4, 0.5) is 5.69 Å². The van der Waals surface area contributed by atoms with Crippen molar-refractivity contribution >= 4 is 27.0 Å². The molecule has 3 N–H and O–H groups in total. The van der Waals surface area contributed by atoms with Gasteiger partial charge in [0.05, 0.1) is 23.7 Å². The second-order valence-corrected chi connectivity index (χ2v) is 6.96. The Labute approximate surface area is 122 Å². The summed E-state index contributed by atoms with van der Waals surface area (Å²) in [6.07, 6.45) is 0. The lowest BCUT2D eigenvalue weighted by Crippen LogP contribution is -2.26. The summed E-state index contributed by atoms with van der Waals surface area (Å²) in [5, 5.41) is 1.91. The quantitative estimate of drug-likeness (QED) is 0.831. The predicted molar refractivity (Wildman–Crippen MR) is 80.5 cm³/mol. The molecule has 5 nitrogen and oxygen atoms in total. The van der Waals surface area contributed by atoms with Gasteiger partial charge in [0.15, 0.2) is 0 Å². The van der Waals surface area contributed by atoms with E-state index in [4.69, 9.17) is 10.5 Å². The third-order valence-electron chi connectivity index (χ3n) is 2.81. The fourth-order valence-corrected chi connectivity index (χ4v) is 3.84. The molecule has 0 amide bonds. The molecule has 0 aliphatic carbocycles.